The summed E-state index contributed by atoms with van der Waals surface area (Å²) in [5.41, 5.74) is 13.7. The molecule has 0 bridgehead atoms. The van der Waals surface area contributed by atoms with Crippen molar-refractivity contribution in [1.29, 1.82) is 0 Å². The van der Waals surface area contributed by atoms with Crippen molar-refractivity contribution < 1.29 is 4.42 Å². The Kier molecular flexibility index (Phi) is 8.71. The number of hydrogen-bond acceptors (Lipinski definition) is 4. The summed E-state index contributed by atoms with van der Waals surface area (Å²) in [5.74, 6) is 0. The van der Waals surface area contributed by atoms with Crippen LogP contribution in [0.3, 0.4) is 0 Å². The third kappa shape index (κ3) is 6.37. The van der Waals surface area contributed by atoms with E-state index in [2.05, 4.69) is 217 Å². The van der Waals surface area contributed by atoms with Crippen LogP contribution in [0.15, 0.2) is 235 Å². The molecule has 3 aromatic heterocycles. The Hall–Kier alpha value is -8.31. The van der Waals surface area contributed by atoms with E-state index in [1.807, 2.05) is 29.7 Å². The molecule has 0 aliphatic heterocycles. The van der Waals surface area contributed by atoms with Crippen LogP contribution in [0, 0.1) is 0 Å². The van der Waals surface area contributed by atoms with Gasteiger partial charge < -0.3 is 9.32 Å². The third-order valence-corrected chi connectivity index (χ3v) is 14.0. The fourth-order valence-corrected chi connectivity index (χ4v) is 10.9. The van der Waals surface area contributed by atoms with Crippen LogP contribution in [0.4, 0.5) is 17.1 Å². The van der Waals surface area contributed by atoms with Crippen molar-refractivity contribution in [2.75, 3.05) is 4.90 Å². The van der Waals surface area contributed by atoms with E-state index in [4.69, 9.17) is 9.40 Å². The minimum Gasteiger partial charge on any atom is -0.456 e. The van der Waals surface area contributed by atoms with Gasteiger partial charge in [-0.25, -0.2) is 0 Å². The quantitative estimate of drug-likeness (QED) is 0.150. The van der Waals surface area contributed by atoms with Crippen molar-refractivity contribution in [3.05, 3.63) is 231 Å². The molecule has 3 nitrogen and oxygen atoms in total. The number of furan rings is 1. The van der Waals surface area contributed by atoms with Gasteiger partial charge in [0.2, 0.25) is 0 Å². The number of thiophene rings is 1. The molecule has 0 saturated carbocycles. The molecule has 0 unspecified atom stereocenters. The molecule has 0 atom stereocenters. The average Bonchev–Trinajstić information content (AvgIpc) is 3.95. The Balaban J connectivity index is 1.06. The fraction of sp³-hybridized carbons (Fsp3) is 0. The second-order valence-corrected chi connectivity index (χ2v) is 17.8. The minimum atomic E-state index is 0.846. The highest BCUT2D eigenvalue weighted by atomic mass is 32.1. The smallest absolute Gasteiger partial charge is 0.136 e. The van der Waals surface area contributed by atoms with Gasteiger partial charge in [-0.05, 0) is 140 Å². The molecule has 0 saturated heterocycles. The van der Waals surface area contributed by atoms with Gasteiger partial charge in [0.25, 0.3) is 0 Å². The Morgan fingerprint density at radius 1 is 0.354 bits per heavy atom. The average molecular weight is 847 g/mol. The number of anilines is 3. The van der Waals surface area contributed by atoms with Crippen LogP contribution in [0.2, 0.25) is 0 Å². The molecule has 0 aliphatic carbocycles. The van der Waals surface area contributed by atoms with Crippen molar-refractivity contribution in [1.82, 2.24) is 4.98 Å². The molecule has 0 amide bonds. The maximum Gasteiger partial charge on any atom is 0.136 e. The van der Waals surface area contributed by atoms with Crippen molar-refractivity contribution in [3.63, 3.8) is 0 Å². The summed E-state index contributed by atoms with van der Waals surface area (Å²) in [6.45, 7) is 0. The maximum absolute atomic E-state index is 6.72. The topological polar surface area (TPSA) is 29.3 Å². The van der Waals surface area contributed by atoms with E-state index in [0.29, 0.717) is 0 Å². The number of benzene rings is 10. The number of hydrogen-bond donors (Lipinski definition) is 0. The summed E-state index contributed by atoms with van der Waals surface area (Å²) >= 11 is 1.85. The fourth-order valence-electron chi connectivity index (χ4n) is 9.86. The van der Waals surface area contributed by atoms with Gasteiger partial charge in [-0.2, -0.15) is 0 Å². The van der Waals surface area contributed by atoms with Crippen molar-refractivity contribution in [2.45, 2.75) is 0 Å². The van der Waals surface area contributed by atoms with E-state index in [-0.39, 0.29) is 0 Å². The predicted octanol–water partition coefficient (Wildman–Crippen LogP) is 17.8. The van der Waals surface area contributed by atoms with E-state index in [0.717, 1.165) is 72.5 Å². The zero-order valence-corrected chi connectivity index (χ0v) is 36.0. The van der Waals surface area contributed by atoms with Crippen LogP contribution < -0.4 is 4.90 Å². The lowest BCUT2D eigenvalue weighted by Crippen LogP contribution is -2.10. The first-order valence-corrected chi connectivity index (χ1v) is 22.8. The Morgan fingerprint density at radius 2 is 1.05 bits per heavy atom. The van der Waals surface area contributed by atoms with Gasteiger partial charge in [0.05, 0.1) is 5.69 Å². The summed E-state index contributed by atoms with van der Waals surface area (Å²) < 4.78 is 9.32. The Bertz CT molecular complexity index is 3960. The van der Waals surface area contributed by atoms with Gasteiger partial charge in [-0.3, -0.25) is 4.98 Å². The first kappa shape index (κ1) is 37.3. The Morgan fingerprint density at radius 3 is 1.94 bits per heavy atom. The molecule has 13 rings (SSSR count). The molecule has 4 heteroatoms. The summed E-state index contributed by atoms with van der Waals surface area (Å²) in [4.78, 5) is 7.16. The van der Waals surface area contributed by atoms with E-state index in [1.54, 1.807) is 0 Å². The van der Waals surface area contributed by atoms with Gasteiger partial charge >= 0.3 is 0 Å². The lowest BCUT2D eigenvalue weighted by molar-refractivity contribution is 0.669. The molecule has 304 valence electrons. The summed E-state index contributed by atoms with van der Waals surface area (Å²) in [7, 11) is 0. The van der Waals surface area contributed by atoms with Crippen LogP contribution in [0.5, 0.6) is 0 Å². The number of rotatable bonds is 7. The van der Waals surface area contributed by atoms with Gasteiger partial charge in [0.1, 0.15) is 11.2 Å². The standard InChI is InChI=1S/C61H38N2OS/c1-2-13-39(14-3-1)44-33-45(42-28-31-59-53(37-42)50-20-6-7-25-58(50)65-59)36-48(35-44)63(46-18-10-17-43(34-46)55-23-8-9-32-62-55)47-29-30-56-54(38-47)61-52(22-12-24-57(61)64-56)51-21-11-16-41-27-26-40-15-4-5-19-49(40)60(41)51/h1-38H. The molecular formula is C61H38N2OS. The van der Waals surface area contributed by atoms with Crippen molar-refractivity contribution in [2.24, 2.45) is 0 Å². The molecule has 0 spiro atoms. The van der Waals surface area contributed by atoms with E-state index < -0.39 is 0 Å². The van der Waals surface area contributed by atoms with Gasteiger partial charge in [-0.1, -0.05) is 140 Å². The first-order valence-electron chi connectivity index (χ1n) is 22.0. The van der Waals surface area contributed by atoms with Gasteiger partial charge in [0.15, 0.2) is 0 Å². The second kappa shape index (κ2) is 15.2. The molecule has 65 heavy (non-hydrogen) atoms. The van der Waals surface area contributed by atoms with E-state index in [1.165, 1.54) is 52.8 Å². The summed E-state index contributed by atoms with van der Waals surface area (Å²) in [6, 6.07) is 81.1. The van der Waals surface area contributed by atoms with Crippen molar-refractivity contribution >= 4 is 92.1 Å². The number of fused-ring (bicyclic) bond motifs is 9. The maximum atomic E-state index is 6.72. The zero-order valence-electron chi connectivity index (χ0n) is 35.2. The second-order valence-electron chi connectivity index (χ2n) is 16.7. The molecule has 0 aliphatic rings. The van der Waals surface area contributed by atoms with Crippen LogP contribution in [-0.2, 0) is 0 Å². The van der Waals surface area contributed by atoms with Crippen LogP contribution in [0.1, 0.15) is 0 Å². The summed E-state index contributed by atoms with van der Waals surface area (Å²) in [6.07, 6.45) is 1.86. The highest BCUT2D eigenvalue weighted by molar-refractivity contribution is 7.25. The first-order chi connectivity index (χ1) is 32.2. The number of nitrogens with zero attached hydrogens (tertiary/aromatic N) is 2. The predicted molar refractivity (Wildman–Crippen MR) is 276 cm³/mol. The lowest BCUT2D eigenvalue weighted by Gasteiger charge is -2.27. The molecule has 0 fully saturated rings. The highest BCUT2D eigenvalue weighted by Crippen LogP contribution is 2.46. The van der Waals surface area contributed by atoms with Crippen molar-refractivity contribution in [3.8, 4) is 44.6 Å². The van der Waals surface area contributed by atoms with Crippen LogP contribution in [0.25, 0.3) is 108 Å². The largest absolute Gasteiger partial charge is 0.456 e. The molecule has 0 radical (unpaired) electrons. The number of pyridine rings is 1. The van der Waals surface area contributed by atoms with Crippen LogP contribution >= 0.6 is 11.3 Å². The number of aromatic nitrogens is 1. The SMILES string of the molecule is c1ccc(-c2cc(-c3ccc4sc5ccccc5c4c3)cc(N(c3cccc(-c4ccccn4)c3)c3ccc4oc5cccc(-c6cccc7ccc8ccccc8c67)c5c4c3)c2)cc1. The molecule has 10 aromatic carbocycles. The van der Waals surface area contributed by atoms with E-state index in [9.17, 15) is 0 Å². The minimum absolute atomic E-state index is 0.846. The Labute approximate surface area is 379 Å². The van der Waals surface area contributed by atoms with Gasteiger partial charge in [0, 0.05) is 59.8 Å². The van der Waals surface area contributed by atoms with Crippen LogP contribution in [-0.4, -0.2) is 4.98 Å². The molecule has 3 heterocycles. The summed E-state index contributed by atoms with van der Waals surface area (Å²) in [5, 5.41) is 9.66. The highest BCUT2D eigenvalue weighted by Gasteiger charge is 2.21. The monoisotopic (exact) mass is 846 g/mol. The zero-order chi connectivity index (χ0) is 42.8. The third-order valence-electron chi connectivity index (χ3n) is 12.9. The normalized spacial score (nSPS) is 11.7. The van der Waals surface area contributed by atoms with E-state index >= 15 is 0 Å². The van der Waals surface area contributed by atoms with Gasteiger partial charge in [-0.15, -0.1) is 11.3 Å². The molecule has 0 N–H and O–H groups in total. The molecular weight excluding hydrogens is 809 g/mol. The molecule has 13 aromatic rings. The lowest BCUT2D eigenvalue weighted by atomic mass is 9.91.